The average molecular weight is 228 g/mol. The lowest BCUT2D eigenvalue weighted by atomic mass is 10.1. The molecule has 1 fully saturated rings. The monoisotopic (exact) mass is 228 g/mol. The van der Waals surface area contributed by atoms with Crippen molar-refractivity contribution < 1.29 is 0 Å². The number of rotatable bonds is 4. The van der Waals surface area contributed by atoms with Crippen LogP contribution in [-0.2, 0) is 13.0 Å². The Morgan fingerprint density at radius 1 is 1.12 bits per heavy atom. The number of hydrogen-bond donors (Lipinski definition) is 0. The van der Waals surface area contributed by atoms with Gasteiger partial charge in [0.1, 0.15) is 0 Å². The van der Waals surface area contributed by atoms with Crippen molar-refractivity contribution in [2.24, 2.45) is 0 Å². The van der Waals surface area contributed by atoms with Crippen LogP contribution in [-0.4, -0.2) is 9.13 Å². The van der Waals surface area contributed by atoms with E-state index in [1.807, 2.05) is 39.7 Å². The van der Waals surface area contributed by atoms with E-state index in [9.17, 15) is 4.79 Å². The van der Waals surface area contributed by atoms with Crippen molar-refractivity contribution in [3.8, 4) is 0 Å². The van der Waals surface area contributed by atoms with Crippen molar-refractivity contribution in [3.63, 3.8) is 0 Å². The molecule has 1 aliphatic rings. The van der Waals surface area contributed by atoms with Crippen molar-refractivity contribution >= 4 is 0 Å². The van der Waals surface area contributed by atoms with Gasteiger partial charge in [-0.2, -0.15) is 0 Å². The lowest BCUT2D eigenvalue weighted by molar-refractivity contribution is 0.619. The molecule has 0 spiro atoms. The van der Waals surface area contributed by atoms with Crippen LogP contribution < -0.4 is 5.69 Å². The summed E-state index contributed by atoms with van der Waals surface area (Å²) in [6, 6.07) is 10.8. The molecule has 0 radical (unpaired) electrons. The highest BCUT2D eigenvalue weighted by Crippen LogP contribution is 2.33. The Balaban J connectivity index is 1.71. The molecule has 3 nitrogen and oxygen atoms in total. The summed E-state index contributed by atoms with van der Waals surface area (Å²) in [6.45, 7) is 0.766. The first kappa shape index (κ1) is 10.4. The summed E-state index contributed by atoms with van der Waals surface area (Å²) in [4.78, 5) is 12.0. The Morgan fingerprint density at radius 3 is 2.59 bits per heavy atom. The number of nitrogens with zero attached hydrogens (tertiary/aromatic N) is 2. The van der Waals surface area contributed by atoms with E-state index in [1.54, 1.807) is 0 Å². The third kappa shape index (κ3) is 2.18. The maximum absolute atomic E-state index is 12.0. The summed E-state index contributed by atoms with van der Waals surface area (Å²) in [6.07, 6.45) is 7.05. The van der Waals surface area contributed by atoms with Crippen molar-refractivity contribution in [1.29, 1.82) is 0 Å². The maximum Gasteiger partial charge on any atom is 0.328 e. The Kier molecular flexibility index (Phi) is 2.59. The molecule has 0 saturated heterocycles. The largest absolute Gasteiger partial charge is 0.328 e. The van der Waals surface area contributed by atoms with Gasteiger partial charge in [0.05, 0.1) is 0 Å². The van der Waals surface area contributed by atoms with Crippen molar-refractivity contribution in [3.05, 3.63) is 58.8 Å². The van der Waals surface area contributed by atoms with Gasteiger partial charge in [-0.1, -0.05) is 30.3 Å². The highest BCUT2D eigenvalue weighted by molar-refractivity contribution is 5.14. The first-order valence-corrected chi connectivity index (χ1v) is 6.16. The first-order chi connectivity index (χ1) is 8.34. The van der Waals surface area contributed by atoms with Crippen LogP contribution in [0.15, 0.2) is 47.5 Å². The average Bonchev–Trinajstić information content (AvgIpc) is 3.13. The van der Waals surface area contributed by atoms with Gasteiger partial charge >= 0.3 is 5.69 Å². The lowest BCUT2D eigenvalue weighted by Gasteiger charge is -2.02. The van der Waals surface area contributed by atoms with Crippen LogP contribution in [0.4, 0.5) is 0 Å². The molecule has 2 aromatic rings. The highest BCUT2D eigenvalue weighted by atomic mass is 16.1. The number of imidazole rings is 1. The molecule has 1 saturated carbocycles. The van der Waals surface area contributed by atoms with Crippen LogP contribution >= 0.6 is 0 Å². The second-order valence-corrected chi connectivity index (χ2v) is 4.65. The van der Waals surface area contributed by atoms with E-state index in [0.717, 1.165) is 25.8 Å². The molecule has 0 amide bonds. The van der Waals surface area contributed by atoms with E-state index in [4.69, 9.17) is 0 Å². The van der Waals surface area contributed by atoms with Gasteiger partial charge < -0.3 is 0 Å². The van der Waals surface area contributed by atoms with Gasteiger partial charge in [0.15, 0.2) is 0 Å². The Morgan fingerprint density at radius 2 is 1.88 bits per heavy atom. The smallest absolute Gasteiger partial charge is 0.299 e. The normalized spacial score (nSPS) is 15.1. The van der Waals surface area contributed by atoms with E-state index in [2.05, 4.69) is 12.1 Å². The Labute approximate surface area is 100 Å². The van der Waals surface area contributed by atoms with E-state index >= 15 is 0 Å². The summed E-state index contributed by atoms with van der Waals surface area (Å²) in [5.74, 6) is 0. The molecule has 0 aliphatic heterocycles. The van der Waals surface area contributed by atoms with Gasteiger partial charge in [-0.05, 0) is 24.8 Å². The van der Waals surface area contributed by atoms with E-state index in [1.165, 1.54) is 5.56 Å². The zero-order valence-corrected chi connectivity index (χ0v) is 9.75. The molecule has 1 aliphatic carbocycles. The summed E-state index contributed by atoms with van der Waals surface area (Å²) >= 11 is 0. The fraction of sp³-hybridized carbons (Fsp3) is 0.357. The maximum atomic E-state index is 12.0. The van der Waals surface area contributed by atoms with Crippen molar-refractivity contribution in [2.75, 3.05) is 0 Å². The Hall–Kier alpha value is -1.77. The fourth-order valence-corrected chi connectivity index (χ4v) is 2.12. The molecule has 17 heavy (non-hydrogen) atoms. The Bertz CT molecular complexity index is 549. The second kappa shape index (κ2) is 4.24. The molecule has 0 unspecified atom stereocenters. The summed E-state index contributed by atoms with van der Waals surface area (Å²) in [5, 5.41) is 0. The predicted octanol–water partition coefficient (Wildman–Crippen LogP) is 2.23. The van der Waals surface area contributed by atoms with Crippen LogP contribution in [0.2, 0.25) is 0 Å². The number of benzene rings is 1. The second-order valence-electron chi connectivity index (χ2n) is 4.65. The zero-order valence-electron chi connectivity index (χ0n) is 9.75. The lowest BCUT2D eigenvalue weighted by Crippen LogP contribution is -2.24. The third-order valence-electron chi connectivity index (χ3n) is 3.30. The summed E-state index contributed by atoms with van der Waals surface area (Å²) < 4.78 is 3.68. The van der Waals surface area contributed by atoms with Crippen LogP contribution in [0.3, 0.4) is 0 Å². The molecule has 1 aromatic heterocycles. The minimum absolute atomic E-state index is 0.142. The van der Waals surface area contributed by atoms with Gasteiger partial charge in [0.2, 0.25) is 0 Å². The molecule has 1 heterocycles. The molecule has 0 bridgehead atoms. The number of hydrogen-bond acceptors (Lipinski definition) is 1. The third-order valence-corrected chi connectivity index (χ3v) is 3.30. The molecule has 1 aromatic carbocycles. The summed E-state index contributed by atoms with van der Waals surface area (Å²) in [7, 11) is 0. The van der Waals surface area contributed by atoms with Gasteiger partial charge in [0, 0.05) is 25.0 Å². The quantitative estimate of drug-likeness (QED) is 0.788. The molecular weight excluding hydrogens is 212 g/mol. The van der Waals surface area contributed by atoms with Gasteiger partial charge in [-0.15, -0.1) is 0 Å². The van der Waals surface area contributed by atoms with Crippen LogP contribution in [0.1, 0.15) is 24.4 Å². The minimum Gasteiger partial charge on any atom is -0.299 e. The van der Waals surface area contributed by atoms with E-state index in [0.29, 0.717) is 6.04 Å². The molecule has 0 atom stereocenters. The fourth-order valence-electron chi connectivity index (χ4n) is 2.12. The van der Waals surface area contributed by atoms with Crippen molar-refractivity contribution in [1.82, 2.24) is 9.13 Å². The molecule has 88 valence electrons. The highest BCUT2D eigenvalue weighted by Gasteiger charge is 2.25. The predicted molar refractivity (Wildman–Crippen MR) is 67.1 cm³/mol. The van der Waals surface area contributed by atoms with Crippen LogP contribution in [0.25, 0.3) is 0 Å². The molecular formula is C14H16N2O. The molecule has 0 N–H and O–H groups in total. The number of aromatic nitrogens is 2. The standard InChI is InChI=1S/C14H16N2O/c17-14-15(10-11-16(14)13-6-7-13)9-8-12-4-2-1-3-5-12/h1-5,10-11,13H,6-9H2. The SMILES string of the molecule is O=c1n(CCc2ccccc2)ccn1C1CC1. The van der Waals surface area contributed by atoms with Crippen LogP contribution in [0, 0.1) is 0 Å². The summed E-state index contributed by atoms with van der Waals surface area (Å²) in [5.41, 5.74) is 1.42. The molecule has 3 rings (SSSR count). The van der Waals surface area contributed by atoms with Gasteiger partial charge in [0.25, 0.3) is 0 Å². The first-order valence-electron chi connectivity index (χ1n) is 6.16. The van der Waals surface area contributed by atoms with Crippen molar-refractivity contribution in [2.45, 2.75) is 31.8 Å². The van der Waals surface area contributed by atoms with E-state index in [-0.39, 0.29) is 5.69 Å². The molecule has 3 heteroatoms. The minimum atomic E-state index is 0.142. The topological polar surface area (TPSA) is 26.9 Å². The van der Waals surface area contributed by atoms with Gasteiger partial charge in [-0.3, -0.25) is 9.13 Å². The zero-order chi connectivity index (χ0) is 11.7. The number of aryl methyl sites for hydroxylation is 2. The van der Waals surface area contributed by atoms with Crippen LogP contribution in [0.5, 0.6) is 0 Å². The van der Waals surface area contributed by atoms with Gasteiger partial charge in [-0.25, -0.2) is 4.79 Å². The van der Waals surface area contributed by atoms with E-state index < -0.39 is 0 Å².